The molecule has 1 aromatic rings. The maximum absolute atomic E-state index is 10.9. The second-order valence-electron chi connectivity index (χ2n) is 4.87. The third kappa shape index (κ3) is 4.87. The van der Waals surface area contributed by atoms with Crippen LogP contribution in [0.5, 0.6) is 5.75 Å². The normalized spacial score (nSPS) is 13.5. The van der Waals surface area contributed by atoms with Crippen LogP contribution in [-0.4, -0.2) is 28.1 Å². The number of aliphatic carboxylic acids is 1. The van der Waals surface area contributed by atoms with Crippen molar-refractivity contribution in [2.75, 3.05) is 6.61 Å². The lowest BCUT2D eigenvalue weighted by Crippen LogP contribution is -2.44. The number of nitrogens with two attached hydrogens (primary N) is 1. The number of carbonyl (C=O) groups is 1. The average Bonchev–Trinajstić information content (AvgIpc) is 2.39. The number of hydrogen-bond donors (Lipinski definition) is 2. The first kappa shape index (κ1) is 17.2. The molecule has 0 radical (unpaired) electrons. The highest BCUT2D eigenvalue weighted by molar-refractivity contribution is 6.32. The predicted octanol–water partition coefficient (Wildman–Crippen LogP) is 2.60. The van der Waals surface area contributed by atoms with Gasteiger partial charge >= 0.3 is 11.7 Å². The molecule has 0 fully saturated rings. The molecule has 1 unspecified atom stereocenters. The van der Waals surface area contributed by atoms with Crippen molar-refractivity contribution < 1.29 is 19.6 Å². The first-order valence-electron chi connectivity index (χ1n) is 6.33. The number of nitro groups is 1. The van der Waals surface area contributed by atoms with Gasteiger partial charge in [0.1, 0.15) is 5.54 Å². The van der Waals surface area contributed by atoms with Crippen molar-refractivity contribution in [2.24, 2.45) is 5.73 Å². The van der Waals surface area contributed by atoms with Gasteiger partial charge in [-0.15, -0.1) is 0 Å². The van der Waals surface area contributed by atoms with Crippen LogP contribution in [0.25, 0.3) is 0 Å². The molecule has 21 heavy (non-hydrogen) atoms. The second kappa shape index (κ2) is 7.24. The minimum Gasteiger partial charge on any atom is -0.486 e. The Morgan fingerprint density at radius 1 is 1.52 bits per heavy atom. The molecule has 7 nitrogen and oxygen atoms in total. The SMILES string of the molecule is CC(N)(CCCCOc1c(Cl)cccc1[N+](=O)[O-])C(=O)O. The summed E-state index contributed by atoms with van der Waals surface area (Å²) in [6, 6.07) is 4.29. The summed E-state index contributed by atoms with van der Waals surface area (Å²) < 4.78 is 5.34. The van der Waals surface area contributed by atoms with Crippen LogP contribution in [0.4, 0.5) is 5.69 Å². The molecular weight excluding hydrogens is 300 g/mol. The summed E-state index contributed by atoms with van der Waals surface area (Å²) in [5.41, 5.74) is 4.11. The first-order chi connectivity index (χ1) is 9.75. The third-order valence-corrected chi connectivity index (χ3v) is 3.27. The van der Waals surface area contributed by atoms with Crippen LogP contribution < -0.4 is 10.5 Å². The van der Waals surface area contributed by atoms with Gasteiger partial charge < -0.3 is 15.6 Å². The molecule has 0 saturated heterocycles. The highest BCUT2D eigenvalue weighted by Gasteiger charge is 2.26. The van der Waals surface area contributed by atoms with E-state index in [0.29, 0.717) is 12.8 Å². The summed E-state index contributed by atoms with van der Waals surface area (Å²) in [7, 11) is 0. The average molecular weight is 317 g/mol. The van der Waals surface area contributed by atoms with Gasteiger partial charge in [-0.2, -0.15) is 0 Å². The van der Waals surface area contributed by atoms with Crippen molar-refractivity contribution >= 4 is 23.3 Å². The highest BCUT2D eigenvalue weighted by atomic mass is 35.5. The molecule has 3 N–H and O–H groups in total. The van der Waals surface area contributed by atoms with Gasteiger partial charge in [0.2, 0.25) is 5.75 Å². The first-order valence-corrected chi connectivity index (χ1v) is 6.71. The lowest BCUT2D eigenvalue weighted by atomic mass is 9.97. The quantitative estimate of drug-likeness (QED) is 0.432. The Hall–Kier alpha value is -1.86. The molecule has 0 spiro atoms. The molecule has 0 aliphatic heterocycles. The monoisotopic (exact) mass is 316 g/mol. The van der Waals surface area contributed by atoms with Crippen LogP contribution in [0.2, 0.25) is 5.02 Å². The number of ether oxygens (including phenoxy) is 1. The summed E-state index contributed by atoms with van der Waals surface area (Å²) in [4.78, 5) is 21.1. The molecule has 1 atom stereocenters. The number of benzene rings is 1. The summed E-state index contributed by atoms with van der Waals surface area (Å²) in [5.74, 6) is -1.04. The number of carboxylic acid groups (broad SMARTS) is 1. The van der Waals surface area contributed by atoms with E-state index in [1.54, 1.807) is 0 Å². The summed E-state index contributed by atoms with van der Waals surface area (Å²) in [5, 5.41) is 19.9. The molecule has 0 amide bonds. The summed E-state index contributed by atoms with van der Waals surface area (Å²) in [6.45, 7) is 1.63. The molecule has 1 aromatic carbocycles. The van der Waals surface area contributed by atoms with Crippen LogP contribution in [0.3, 0.4) is 0 Å². The molecule has 0 aliphatic carbocycles. The molecule has 116 valence electrons. The standard InChI is InChI=1S/C13H17ClN2O5/c1-13(15,12(17)18)7-2-3-8-21-11-9(14)5-4-6-10(11)16(19)20/h4-6H,2-3,7-8,15H2,1H3,(H,17,18). The van der Waals surface area contributed by atoms with Gasteiger partial charge in [0, 0.05) is 6.07 Å². The van der Waals surface area contributed by atoms with Gasteiger partial charge in [0.05, 0.1) is 16.6 Å². The number of hydrogen-bond acceptors (Lipinski definition) is 5. The van der Waals surface area contributed by atoms with E-state index in [-0.39, 0.29) is 29.5 Å². The van der Waals surface area contributed by atoms with Gasteiger partial charge in [-0.3, -0.25) is 14.9 Å². The van der Waals surface area contributed by atoms with Crippen molar-refractivity contribution in [3.63, 3.8) is 0 Å². The largest absolute Gasteiger partial charge is 0.486 e. The maximum atomic E-state index is 10.9. The van der Waals surface area contributed by atoms with Crippen molar-refractivity contribution in [3.05, 3.63) is 33.3 Å². The summed E-state index contributed by atoms with van der Waals surface area (Å²) >= 11 is 5.87. The lowest BCUT2D eigenvalue weighted by Gasteiger charge is -2.18. The maximum Gasteiger partial charge on any atom is 0.323 e. The number of para-hydroxylation sites is 1. The van der Waals surface area contributed by atoms with Gasteiger partial charge in [-0.25, -0.2) is 0 Å². The van der Waals surface area contributed by atoms with Gasteiger partial charge in [0.25, 0.3) is 0 Å². The number of unbranched alkanes of at least 4 members (excludes halogenated alkanes) is 1. The van der Waals surface area contributed by atoms with Gasteiger partial charge in [0.15, 0.2) is 0 Å². The van der Waals surface area contributed by atoms with E-state index in [0.717, 1.165) is 0 Å². The second-order valence-corrected chi connectivity index (χ2v) is 5.28. The Bertz CT molecular complexity index is 533. The van der Waals surface area contributed by atoms with E-state index in [2.05, 4.69) is 0 Å². The van der Waals surface area contributed by atoms with Crippen LogP contribution in [-0.2, 0) is 4.79 Å². The zero-order chi connectivity index (χ0) is 16.0. The Labute approximate surface area is 126 Å². The zero-order valence-corrected chi connectivity index (χ0v) is 12.3. The molecule has 0 saturated carbocycles. The molecular formula is C13H17ClN2O5. The van der Waals surface area contributed by atoms with E-state index < -0.39 is 16.4 Å². The van der Waals surface area contributed by atoms with Gasteiger partial charge in [-0.1, -0.05) is 17.7 Å². The Morgan fingerprint density at radius 3 is 2.76 bits per heavy atom. The number of halogens is 1. The van der Waals surface area contributed by atoms with E-state index in [1.807, 2.05) is 0 Å². The third-order valence-electron chi connectivity index (χ3n) is 2.97. The molecule has 8 heteroatoms. The van der Waals surface area contributed by atoms with Crippen LogP contribution >= 0.6 is 11.6 Å². The van der Waals surface area contributed by atoms with E-state index in [9.17, 15) is 14.9 Å². The van der Waals surface area contributed by atoms with E-state index in [1.165, 1.54) is 25.1 Å². The van der Waals surface area contributed by atoms with Crippen molar-refractivity contribution in [1.29, 1.82) is 0 Å². The topological polar surface area (TPSA) is 116 Å². The fourth-order valence-corrected chi connectivity index (χ4v) is 1.88. The van der Waals surface area contributed by atoms with Crippen LogP contribution in [0, 0.1) is 10.1 Å². The molecule has 0 aliphatic rings. The molecule has 1 rings (SSSR count). The number of rotatable bonds is 8. The van der Waals surface area contributed by atoms with Crippen molar-refractivity contribution in [3.8, 4) is 5.75 Å². The fourth-order valence-electron chi connectivity index (χ4n) is 1.66. The highest BCUT2D eigenvalue weighted by Crippen LogP contribution is 2.34. The number of nitrogens with zero attached hydrogens (tertiary/aromatic N) is 1. The van der Waals surface area contributed by atoms with E-state index >= 15 is 0 Å². The van der Waals surface area contributed by atoms with Crippen molar-refractivity contribution in [1.82, 2.24) is 0 Å². The zero-order valence-electron chi connectivity index (χ0n) is 11.5. The minimum atomic E-state index is -1.28. The predicted molar refractivity (Wildman–Crippen MR) is 77.7 cm³/mol. The van der Waals surface area contributed by atoms with Crippen LogP contribution in [0.1, 0.15) is 26.2 Å². The number of carboxylic acids is 1. The minimum absolute atomic E-state index is 0.0258. The fraction of sp³-hybridized carbons (Fsp3) is 0.462. The number of nitro benzene ring substituents is 1. The lowest BCUT2D eigenvalue weighted by molar-refractivity contribution is -0.385. The van der Waals surface area contributed by atoms with Crippen molar-refractivity contribution in [2.45, 2.75) is 31.7 Å². The molecule has 0 bridgehead atoms. The smallest absolute Gasteiger partial charge is 0.323 e. The Balaban J connectivity index is 2.51. The Morgan fingerprint density at radius 2 is 2.19 bits per heavy atom. The Kier molecular flexibility index (Phi) is 5.92. The summed E-state index contributed by atoms with van der Waals surface area (Å²) in [6.07, 6.45) is 1.33. The van der Waals surface area contributed by atoms with Gasteiger partial charge in [-0.05, 0) is 32.3 Å². The van der Waals surface area contributed by atoms with E-state index in [4.69, 9.17) is 27.2 Å². The molecule has 0 heterocycles. The van der Waals surface area contributed by atoms with Crippen LogP contribution in [0.15, 0.2) is 18.2 Å². The molecule has 0 aromatic heterocycles.